The van der Waals surface area contributed by atoms with Gasteiger partial charge in [-0.3, -0.25) is 0 Å². The molecule has 23 heavy (non-hydrogen) atoms. The lowest BCUT2D eigenvalue weighted by molar-refractivity contribution is 0.253. The van der Waals surface area contributed by atoms with Gasteiger partial charge >= 0.3 is 0 Å². The molecule has 0 heterocycles. The largest absolute Gasteiger partial charge is 0.242 e. The number of hydrogen-bond donors (Lipinski definition) is 0. The lowest BCUT2D eigenvalue weighted by Gasteiger charge is -2.19. The number of alkyl halides is 1. The first-order chi connectivity index (χ1) is 11.3. The summed E-state index contributed by atoms with van der Waals surface area (Å²) in [5.41, 5.74) is 2.19. The van der Waals surface area contributed by atoms with E-state index < -0.39 is 6.17 Å². The van der Waals surface area contributed by atoms with E-state index in [0.29, 0.717) is 12.3 Å². The fraction of sp³-hybridized carbons (Fsp3) is 0.455. The minimum atomic E-state index is -0.835. The van der Waals surface area contributed by atoms with Crippen molar-refractivity contribution in [3.8, 4) is 0 Å². The zero-order chi connectivity index (χ0) is 16.3. The van der Waals surface area contributed by atoms with Crippen molar-refractivity contribution in [3.05, 3.63) is 71.8 Å². The van der Waals surface area contributed by atoms with Crippen LogP contribution in [0.5, 0.6) is 0 Å². The first-order valence-electron chi connectivity index (χ1n) is 9.02. The van der Waals surface area contributed by atoms with Crippen molar-refractivity contribution < 1.29 is 4.39 Å². The number of aryl methyl sites for hydroxylation is 1. The van der Waals surface area contributed by atoms with E-state index in [1.807, 2.05) is 30.3 Å². The summed E-state index contributed by atoms with van der Waals surface area (Å²) in [5, 5.41) is 0. The molecule has 0 saturated heterocycles. The number of unbranched alkanes of at least 4 members (excludes halogenated alkanes) is 2. The van der Waals surface area contributed by atoms with E-state index in [1.165, 1.54) is 24.8 Å². The monoisotopic (exact) mass is 312 g/mol. The van der Waals surface area contributed by atoms with Crippen LogP contribution in [-0.4, -0.2) is 0 Å². The Morgan fingerprint density at radius 1 is 0.826 bits per heavy atom. The van der Waals surface area contributed by atoms with Crippen molar-refractivity contribution in [2.24, 2.45) is 5.92 Å². The normalized spacial score (nSPS) is 13.7. The molecule has 0 amide bonds. The van der Waals surface area contributed by atoms with Gasteiger partial charge in [0.15, 0.2) is 0 Å². The molecular formula is C22H29F. The van der Waals surface area contributed by atoms with Crippen LogP contribution in [0.3, 0.4) is 0 Å². The molecule has 1 heteroatoms. The number of hydrogen-bond acceptors (Lipinski definition) is 0. The van der Waals surface area contributed by atoms with Crippen LogP contribution in [-0.2, 0) is 6.42 Å². The van der Waals surface area contributed by atoms with E-state index >= 15 is 0 Å². The Morgan fingerprint density at radius 3 is 2.13 bits per heavy atom. The fourth-order valence-corrected chi connectivity index (χ4v) is 3.17. The van der Waals surface area contributed by atoms with Gasteiger partial charge < -0.3 is 0 Å². The maximum absolute atomic E-state index is 14.6. The Morgan fingerprint density at radius 2 is 1.48 bits per heavy atom. The summed E-state index contributed by atoms with van der Waals surface area (Å²) in [6.07, 6.45) is 6.80. The van der Waals surface area contributed by atoms with Gasteiger partial charge in [-0.05, 0) is 36.3 Å². The third kappa shape index (κ3) is 6.56. The smallest absolute Gasteiger partial charge is 0.125 e. The molecule has 0 aliphatic rings. The van der Waals surface area contributed by atoms with Gasteiger partial charge in [0.05, 0.1) is 0 Å². The summed E-state index contributed by atoms with van der Waals surface area (Å²) < 4.78 is 14.6. The van der Waals surface area contributed by atoms with E-state index in [9.17, 15) is 4.39 Å². The van der Waals surface area contributed by atoms with Crippen molar-refractivity contribution in [2.75, 3.05) is 0 Å². The predicted molar refractivity (Wildman–Crippen MR) is 97.3 cm³/mol. The first kappa shape index (κ1) is 17.7. The van der Waals surface area contributed by atoms with Gasteiger partial charge in [0.2, 0.25) is 0 Å². The maximum Gasteiger partial charge on any atom is 0.125 e. The number of halogens is 1. The van der Waals surface area contributed by atoms with Crippen molar-refractivity contribution in [1.82, 2.24) is 0 Å². The summed E-state index contributed by atoms with van der Waals surface area (Å²) >= 11 is 0. The van der Waals surface area contributed by atoms with E-state index in [-0.39, 0.29) is 0 Å². The molecule has 0 aromatic heterocycles. The van der Waals surface area contributed by atoms with Crippen LogP contribution in [0.25, 0.3) is 0 Å². The van der Waals surface area contributed by atoms with Crippen LogP contribution in [0.1, 0.15) is 62.7 Å². The molecule has 0 aliphatic carbocycles. The highest BCUT2D eigenvalue weighted by Gasteiger charge is 2.17. The van der Waals surface area contributed by atoms with E-state index in [2.05, 4.69) is 37.3 Å². The number of rotatable bonds is 10. The molecule has 2 rings (SSSR count). The maximum atomic E-state index is 14.6. The zero-order valence-electron chi connectivity index (χ0n) is 14.3. The minimum Gasteiger partial charge on any atom is -0.242 e. The molecule has 0 fully saturated rings. The zero-order valence-corrected chi connectivity index (χ0v) is 14.3. The van der Waals surface area contributed by atoms with Crippen LogP contribution in [0.2, 0.25) is 0 Å². The van der Waals surface area contributed by atoms with Gasteiger partial charge in [0.1, 0.15) is 6.17 Å². The highest BCUT2D eigenvalue weighted by molar-refractivity contribution is 5.17. The van der Waals surface area contributed by atoms with Gasteiger partial charge in [0, 0.05) is 0 Å². The van der Waals surface area contributed by atoms with Gasteiger partial charge in [0.25, 0.3) is 0 Å². The SMILES string of the molecule is CCCCCC(CCc1ccccc1)CC(F)c1ccccc1. The molecule has 0 aliphatic heterocycles. The van der Waals surface area contributed by atoms with E-state index in [0.717, 1.165) is 24.8 Å². The molecular weight excluding hydrogens is 283 g/mol. The highest BCUT2D eigenvalue weighted by Crippen LogP contribution is 2.30. The molecule has 0 radical (unpaired) electrons. The molecule has 2 aromatic carbocycles. The summed E-state index contributed by atoms with van der Waals surface area (Å²) in [6.45, 7) is 2.22. The summed E-state index contributed by atoms with van der Waals surface area (Å²) in [5.74, 6) is 0.469. The standard InChI is InChI=1S/C22H29F/c1-2-3-6-13-20(17-16-19-11-7-4-8-12-19)18-22(23)21-14-9-5-10-15-21/h4-5,7-12,14-15,20,22H,2-3,6,13,16-18H2,1H3. The molecule has 0 nitrogen and oxygen atoms in total. The molecule has 2 unspecified atom stereocenters. The Kier molecular flexibility index (Phi) is 7.86. The quantitative estimate of drug-likeness (QED) is 0.418. The summed E-state index contributed by atoms with van der Waals surface area (Å²) in [6, 6.07) is 20.2. The summed E-state index contributed by atoms with van der Waals surface area (Å²) in [4.78, 5) is 0. The molecule has 0 N–H and O–H groups in total. The molecule has 0 bridgehead atoms. The lowest BCUT2D eigenvalue weighted by atomic mass is 9.88. The predicted octanol–water partition coefficient (Wildman–Crippen LogP) is 6.92. The van der Waals surface area contributed by atoms with Gasteiger partial charge in [-0.25, -0.2) is 4.39 Å². The average Bonchev–Trinajstić information content (AvgIpc) is 2.61. The van der Waals surface area contributed by atoms with Crippen molar-refractivity contribution >= 4 is 0 Å². The second-order valence-electron chi connectivity index (χ2n) is 6.50. The van der Waals surface area contributed by atoms with Crippen molar-refractivity contribution in [3.63, 3.8) is 0 Å². The molecule has 2 atom stereocenters. The number of benzene rings is 2. The summed E-state index contributed by atoms with van der Waals surface area (Å²) in [7, 11) is 0. The van der Waals surface area contributed by atoms with Crippen molar-refractivity contribution in [2.45, 2.75) is 58.0 Å². The van der Waals surface area contributed by atoms with E-state index in [1.54, 1.807) is 0 Å². The van der Waals surface area contributed by atoms with Crippen LogP contribution in [0.15, 0.2) is 60.7 Å². The van der Waals surface area contributed by atoms with Gasteiger partial charge in [-0.15, -0.1) is 0 Å². The van der Waals surface area contributed by atoms with Crippen molar-refractivity contribution in [1.29, 1.82) is 0 Å². The Labute approximate surface area is 140 Å². The van der Waals surface area contributed by atoms with Crippen LogP contribution in [0.4, 0.5) is 4.39 Å². The van der Waals surface area contributed by atoms with Crippen LogP contribution < -0.4 is 0 Å². The van der Waals surface area contributed by atoms with Crippen LogP contribution >= 0.6 is 0 Å². The second kappa shape index (κ2) is 10.2. The highest BCUT2D eigenvalue weighted by atomic mass is 19.1. The Balaban J connectivity index is 1.90. The molecule has 0 saturated carbocycles. The average molecular weight is 312 g/mol. The van der Waals surface area contributed by atoms with E-state index in [4.69, 9.17) is 0 Å². The second-order valence-corrected chi connectivity index (χ2v) is 6.50. The Bertz CT molecular complexity index is 520. The fourth-order valence-electron chi connectivity index (χ4n) is 3.17. The topological polar surface area (TPSA) is 0 Å². The molecule has 2 aromatic rings. The first-order valence-corrected chi connectivity index (χ1v) is 9.02. The van der Waals surface area contributed by atoms with Gasteiger partial charge in [-0.1, -0.05) is 93.3 Å². The third-order valence-corrected chi connectivity index (χ3v) is 4.60. The lowest BCUT2D eigenvalue weighted by Crippen LogP contribution is -2.07. The minimum absolute atomic E-state index is 0.469. The van der Waals surface area contributed by atoms with Crippen LogP contribution in [0, 0.1) is 5.92 Å². The molecule has 124 valence electrons. The molecule has 0 spiro atoms. The third-order valence-electron chi connectivity index (χ3n) is 4.60. The van der Waals surface area contributed by atoms with Gasteiger partial charge in [-0.2, -0.15) is 0 Å². The Hall–Kier alpha value is -1.63.